The van der Waals surface area contributed by atoms with Crippen molar-refractivity contribution in [2.45, 2.75) is 11.3 Å². The lowest BCUT2D eigenvalue weighted by molar-refractivity contribution is -0.113. The predicted octanol–water partition coefficient (Wildman–Crippen LogP) is 3.45. The molecule has 0 saturated heterocycles. The Balaban J connectivity index is 1.60. The number of ether oxygens (including phenoxy) is 2. The van der Waals surface area contributed by atoms with Crippen LogP contribution in [-0.4, -0.2) is 24.9 Å². The van der Waals surface area contributed by atoms with Crippen LogP contribution in [0.3, 0.4) is 0 Å². The molecule has 2 aromatic rings. The standard InChI is InChI=1S/C18H16N2O3S/c19-11-13-4-1-2-5-15(13)20-18(21)12-24-14-6-7-16-17(10-14)23-9-3-8-22-16/h1-2,4-7,10H,3,8-9,12H2,(H,20,21). The van der Waals surface area contributed by atoms with E-state index in [0.29, 0.717) is 30.2 Å². The second-order valence-corrected chi connectivity index (χ2v) is 6.20. The van der Waals surface area contributed by atoms with Gasteiger partial charge >= 0.3 is 0 Å². The first kappa shape index (κ1) is 16.2. The molecule has 2 aromatic carbocycles. The van der Waals surface area contributed by atoms with Crippen molar-refractivity contribution in [3.63, 3.8) is 0 Å². The molecule has 24 heavy (non-hydrogen) atoms. The number of carbonyl (C=O) groups excluding carboxylic acids is 1. The van der Waals surface area contributed by atoms with Crippen LogP contribution in [0.2, 0.25) is 0 Å². The lowest BCUT2D eigenvalue weighted by Gasteiger charge is -2.09. The number of nitriles is 1. The Bertz CT molecular complexity index is 786. The van der Waals surface area contributed by atoms with E-state index in [1.54, 1.807) is 24.3 Å². The Kier molecular flexibility index (Phi) is 5.24. The first-order chi connectivity index (χ1) is 11.8. The van der Waals surface area contributed by atoms with E-state index in [1.165, 1.54) is 11.8 Å². The number of carbonyl (C=O) groups is 1. The van der Waals surface area contributed by atoms with Gasteiger partial charge in [0.1, 0.15) is 6.07 Å². The summed E-state index contributed by atoms with van der Waals surface area (Å²) < 4.78 is 11.2. The normalized spacial score (nSPS) is 12.8. The summed E-state index contributed by atoms with van der Waals surface area (Å²) >= 11 is 1.41. The second kappa shape index (κ2) is 7.75. The fourth-order valence-electron chi connectivity index (χ4n) is 2.26. The summed E-state index contributed by atoms with van der Waals surface area (Å²) in [5, 5.41) is 11.8. The van der Waals surface area contributed by atoms with Crippen LogP contribution < -0.4 is 14.8 Å². The molecule has 0 aliphatic carbocycles. The number of hydrogen-bond acceptors (Lipinski definition) is 5. The van der Waals surface area contributed by atoms with Crippen LogP contribution in [0.1, 0.15) is 12.0 Å². The average Bonchev–Trinajstić information content (AvgIpc) is 2.85. The molecule has 1 amide bonds. The van der Waals surface area contributed by atoms with E-state index in [0.717, 1.165) is 17.1 Å². The SMILES string of the molecule is N#Cc1ccccc1NC(=O)CSc1ccc2c(c1)OCCCO2. The highest BCUT2D eigenvalue weighted by Crippen LogP contribution is 2.33. The first-order valence-electron chi connectivity index (χ1n) is 7.58. The molecule has 1 N–H and O–H groups in total. The maximum Gasteiger partial charge on any atom is 0.234 e. The largest absolute Gasteiger partial charge is 0.490 e. The summed E-state index contributed by atoms with van der Waals surface area (Å²) in [6, 6.07) is 14.7. The van der Waals surface area contributed by atoms with Crippen LogP contribution in [0.5, 0.6) is 11.5 Å². The van der Waals surface area contributed by atoms with Gasteiger partial charge in [-0.15, -0.1) is 11.8 Å². The number of anilines is 1. The zero-order chi connectivity index (χ0) is 16.8. The van der Waals surface area contributed by atoms with Gasteiger partial charge in [-0.25, -0.2) is 0 Å². The number of fused-ring (bicyclic) bond motifs is 1. The third-order valence-corrected chi connectivity index (χ3v) is 4.40. The Labute approximate surface area is 144 Å². The number of benzene rings is 2. The Morgan fingerprint density at radius 2 is 1.96 bits per heavy atom. The van der Waals surface area contributed by atoms with Gasteiger partial charge in [-0.05, 0) is 30.3 Å². The van der Waals surface area contributed by atoms with Crippen molar-refractivity contribution in [3.05, 3.63) is 48.0 Å². The third kappa shape index (κ3) is 4.00. The first-order valence-corrected chi connectivity index (χ1v) is 8.56. The molecule has 0 atom stereocenters. The summed E-state index contributed by atoms with van der Waals surface area (Å²) in [5.41, 5.74) is 0.982. The average molecular weight is 340 g/mol. The summed E-state index contributed by atoms with van der Waals surface area (Å²) in [5.74, 6) is 1.55. The second-order valence-electron chi connectivity index (χ2n) is 5.15. The number of rotatable bonds is 4. The number of thioether (sulfide) groups is 1. The molecular weight excluding hydrogens is 324 g/mol. The molecule has 122 valence electrons. The van der Waals surface area contributed by atoms with Gasteiger partial charge < -0.3 is 14.8 Å². The lowest BCUT2D eigenvalue weighted by atomic mass is 10.2. The minimum Gasteiger partial charge on any atom is -0.490 e. The van der Waals surface area contributed by atoms with E-state index in [9.17, 15) is 4.79 Å². The maximum absolute atomic E-state index is 12.1. The van der Waals surface area contributed by atoms with Crippen molar-refractivity contribution in [2.24, 2.45) is 0 Å². The smallest absolute Gasteiger partial charge is 0.234 e. The predicted molar refractivity (Wildman–Crippen MR) is 92.6 cm³/mol. The monoisotopic (exact) mass is 340 g/mol. The van der Waals surface area contributed by atoms with Crippen LogP contribution in [0.4, 0.5) is 5.69 Å². The summed E-state index contributed by atoms with van der Waals surface area (Å²) in [4.78, 5) is 13.0. The van der Waals surface area contributed by atoms with Gasteiger partial charge in [0.25, 0.3) is 0 Å². The third-order valence-electron chi connectivity index (χ3n) is 3.41. The van der Waals surface area contributed by atoms with E-state index in [-0.39, 0.29) is 11.7 Å². The molecule has 1 heterocycles. The van der Waals surface area contributed by atoms with Gasteiger partial charge in [0.2, 0.25) is 5.91 Å². The van der Waals surface area contributed by atoms with Gasteiger partial charge in [-0.1, -0.05) is 12.1 Å². The van der Waals surface area contributed by atoms with E-state index in [1.807, 2.05) is 18.2 Å². The van der Waals surface area contributed by atoms with E-state index in [4.69, 9.17) is 14.7 Å². The molecule has 0 unspecified atom stereocenters. The van der Waals surface area contributed by atoms with Crippen molar-refractivity contribution in [1.82, 2.24) is 0 Å². The van der Waals surface area contributed by atoms with Gasteiger partial charge in [-0.3, -0.25) is 4.79 Å². The van der Waals surface area contributed by atoms with Gasteiger partial charge in [0.05, 0.1) is 30.2 Å². The van der Waals surface area contributed by atoms with E-state index < -0.39 is 0 Å². The highest BCUT2D eigenvalue weighted by Gasteiger charge is 2.12. The topological polar surface area (TPSA) is 71.4 Å². The van der Waals surface area contributed by atoms with Gasteiger partial charge in [0.15, 0.2) is 11.5 Å². The highest BCUT2D eigenvalue weighted by atomic mass is 32.2. The fraction of sp³-hybridized carbons (Fsp3) is 0.222. The van der Waals surface area contributed by atoms with Crippen LogP contribution in [0, 0.1) is 11.3 Å². The van der Waals surface area contributed by atoms with Crippen molar-refractivity contribution in [3.8, 4) is 17.6 Å². The van der Waals surface area contributed by atoms with Crippen molar-refractivity contribution < 1.29 is 14.3 Å². The molecule has 1 aliphatic heterocycles. The van der Waals surface area contributed by atoms with Crippen molar-refractivity contribution in [1.29, 1.82) is 5.26 Å². The molecule has 1 aliphatic rings. The molecule has 0 radical (unpaired) electrons. The highest BCUT2D eigenvalue weighted by molar-refractivity contribution is 8.00. The number of para-hydroxylation sites is 1. The molecule has 0 bridgehead atoms. The van der Waals surface area contributed by atoms with E-state index >= 15 is 0 Å². The Morgan fingerprint density at radius 1 is 1.17 bits per heavy atom. The fourth-order valence-corrected chi connectivity index (χ4v) is 2.98. The summed E-state index contributed by atoms with van der Waals surface area (Å²) in [7, 11) is 0. The van der Waals surface area contributed by atoms with Crippen LogP contribution in [0.25, 0.3) is 0 Å². The number of nitrogens with one attached hydrogen (secondary N) is 1. The van der Waals surface area contributed by atoms with Crippen LogP contribution >= 0.6 is 11.8 Å². The van der Waals surface area contributed by atoms with Gasteiger partial charge in [-0.2, -0.15) is 5.26 Å². The Hall–Kier alpha value is -2.65. The minimum atomic E-state index is -0.158. The lowest BCUT2D eigenvalue weighted by Crippen LogP contribution is -2.14. The Morgan fingerprint density at radius 3 is 2.79 bits per heavy atom. The van der Waals surface area contributed by atoms with Crippen LogP contribution in [0.15, 0.2) is 47.4 Å². The van der Waals surface area contributed by atoms with Crippen molar-refractivity contribution >= 4 is 23.4 Å². The molecule has 0 aromatic heterocycles. The zero-order valence-corrected chi connectivity index (χ0v) is 13.8. The molecule has 5 nitrogen and oxygen atoms in total. The number of nitrogens with zero attached hydrogens (tertiary/aromatic N) is 1. The molecule has 0 saturated carbocycles. The summed E-state index contributed by atoms with van der Waals surface area (Å²) in [6.45, 7) is 1.28. The molecular formula is C18H16N2O3S. The molecule has 3 rings (SSSR count). The van der Waals surface area contributed by atoms with Gasteiger partial charge in [0, 0.05) is 11.3 Å². The van der Waals surface area contributed by atoms with Crippen molar-refractivity contribution in [2.75, 3.05) is 24.3 Å². The number of hydrogen-bond donors (Lipinski definition) is 1. The minimum absolute atomic E-state index is 0.158. The zero-order valence-electron chi connectivity index (χ0n) is 13.0. The molecule has 0 fully saturated rings. The number of amides is 1. The molecule has 6 heteroatoms. The van der Waals surface area contributed by atoms with E-state index in [2.05, 4.69) is 11.4 Å². The van der Waals surface area contributed by atoms with Crippen LogP contribution in [-0.2, 0) is 4.79 Å². The quantitative estimate of drug-likeness (QED) is 0.863. The molecule has 0 spiro atoms. The summed E-state index contributed by atoms with van der Waals surface area (Å²) in [6.07, 6.45) is 0.859. The maximum atomic E-state index is 12.1.